The van der Waals surface area contributed by atoms with E-state index in [-0.39, 0.29) is 24.7 Å². The molecular formula is C19H18FN5O. The molecule has 3 rings (SSSR count). The number of carbonyl (C=O) groups is 1. The molecule has 0 unspecified atom stereocenters. The maximum atomic E-state index is 13.6. The fourth-order valence-corrected chi connectivity index (χ4v) is 2.41. The predicted octanol–water partition coefficient (Wildman–Crippen LogP) is 2.58. The van der Waals surface area contributed by atoms with E-state index < -0.39 is 0 Å². The Balaban J connectivity index is 1.71. The van der Waals surface area contributed by atoms with Crippen molar-refractivity contribution < 1.29 is 9.18 Å². The molecule has 0 atom stereocenters. The molecule has 1 amide bonds. The van der Waals surface area contributed by atoms with Gasteiger partial charge in [-0.3, -0.25) is 9.78 Å². The second kappa shape index (κ2) is 8.15. The van der Waals surface area contributed by atoms with Crippen LogP contribution >= 0.6 is 0 Å². The third-order valence-corrected chi connectivity index (χ3v) is 3.75. The van der Waals surface area contributed by atoms with Crippen LogP contribution in [0.3, 0.4) is 0 Å². The number of halogens is 1. The Hall–Kier alpha value is -3.35. The van der Waals surface area contributed by atoms with E-state index in [0.717, 1.165) is 5.56 Å². The van der Waals surface area contributed by atoms with E-state index in [0.29, 0.717) is 22.9 Å². The topological polar surface area (TPSA) is 79.8 Å². The van der Waals surface area contributed by atoms with Crippen molar-refractivity contribution in [2.75, 3.05) is 12.4 Å². The molecule has 1 aromatic carbocycles. The van der Waals surface area contributed by atoms with Crippen molar-refractivity contribution >= 4 is 11.7 Å². The van der Waals surface area contributed by atoms with E-state index in [1.54, 1.807) is 43.7 Å². The molecule has 0 aliphatic carbocycles. The highest BCUT2D eigenvalue weighted by atomic mass is 19.1. The van der Waals surface area contributed by atoms with Gasteiger partial charge in [0.15, 0.2) is 5.82 Å². The van der Waals surface area contributed by atoms with Gasteiger partial charge in [-0.15, -0.1) is 0 Å². The van der Waals surface area contributed by atoms with Crippen molar-refractivity contribution in [3.05, 3.63) is 71.9 Å². The van der Waals surface area contributed by atoms with Gasteiger partial charge in [-0.25, -0.2) is 14.4 Å². The van der Waals surface area contributed by atoms with Crippen molar-refractivity contribution in [3.8, 4) is 11.4 Å². The number of hydrogen-bond acceptors (Lipinski definition) is 5. The van der Waals surface area contributed by atoms with E-state index in [4.69, 9.17) is 0 Å². The maximum absolute atomic E-state index is 13.6. The summed E-state index contributed by atoms with van der Waals surface area (Å²) in [7, 11) is 1.76. The highest BCUT2D eigenvalue weighted by molar-refractivity contribution is 5.78. The van der Waals surface area contributed by atoms with Crippen molar-refractivity contribution in [2.45, 2.75) is 13.0 Å². The Morgan fingerprint density at radius 2 is 1.88 bits per heavy atom. The summed E-state index contributed by atoms with van der Waals surface area (Å²) in [5.41, 5.74) is 1.84. The van der Waals surface area contributed by atoms with Gasteiger partial charge in [0, 0.05) is 31.1 Å². The van der Waals surface area contributed by atoms with Gasteiger partial charge in [0.05, 0.1) is 18.7 Å². The molecule has 132 valence electrons. The molecule has 0 saturated carbocycles. The van der Waals surface area contributed by atoms with Gasteiger partial charge in [-0.05, 0) is 23.8 Å². The van der Waals surface area contributed by atoms with Crippen molar-refractivity contribution in [3.63, 3.8) is 0 Å². The number of nitrogens with one attached hydrogen (secondary N) is 2. The van der Waals surface area contributed by atoms with Gasteiger partial charge in [0.1, 0.15) is 11.6 Å². The first kappa shape index (κ1) is 17.5. The van der Waals surface area contributed by atoms with Crippen LogP contribution in [0.1, 0.15) is 11.3 Å². The molecule has 0 bridgehead atoms. The number of anilines is 1. The van der Waals surface area contributed by atoms with E-state index in [1.807, 2.05) is 12.1 Å². The van der Waals surface area contributed by atoms with Crippen LogP contribution in [-0.4, -0.2) is 27.9 Å². The van der Waals surface area contributed by atoms with Crippen LogP contribution in [-0.2, 0) is 17.8 Å². The number of carbonyl (C=O) groups excluding carboxylic acids is 1. The molecule has 0 fully saturated rings. The Morgan fingerprint density at radius 3 is 2.62 bits per heavy atom. The number of pyridine rings is 1. The van der Waals surface area contributed by atoms with Gasteiger partial charge in [-0.2, -0.15) is 0 Å². The number of aromatic nitrogens is 3. The van der Waals surface area contributed by atoms with Gasteiger partial charge in [-0.1, -0.05) is 18.2 Å². The summed E-state index contributed by atoms with van der Waals surface area (Å²) in [6.07, 6.45) is 3.31. The minimum atomic E-state index is -0.387. The first-order valence-electron chi connectivity index (χ1n) is 8.12. The van der Waals surface area contributed by atoms with E-state index >= 15 is 0 Å². The average molecular weight is 351 g/mol. The minimum absolute atomic E-state index is 0.0200. The molecule has 0 radical (unpaired) electrons. The molecule has 0 aliphatic rings. The predicted molar refractivity (Wildman–Crippen MR) is 96.8 cm³/mol. The first-order chi connectivity index (χ1) is 12.7. The third kappa shape index (κ3) is 4.38. The fraction of sp³-hybridized carbons (Fsp3) is 0.158. The molecule has 7 heteroatoms. The molecule has 2 heterocycles. The maximum Gasteiger partial charge on any atom is 0.224 e. The van der Waals surface area contributed by atoms with Crippen LogP contribution in [0.5, 0.6) is 0 Å². The van der Waals surface area contributed by atoms with E-state index in [1.165, 1.54) is 6.07 Å². The van der Waals surface area contributed by atoms with Crippen molar-refractivity contribution in [1.29, 1.82) is 0 Å². The second-order valence-electron chi connectivity index (χ2n) is 5.60. The largest absolute Gasteiger partial charge is 0.373 e. The lowest BCUT2D eigenvalue weighted by Gasteiger charge is -2.09. The second-order valence-corrected chi connectivity index (χ2v) is 5.60. The number of hydrogen-bond donors (Lipinski definition) is 2. The van der Waals surface area contributed by atoms with Crippen LogP contribution in [0, 0.1) is 5.82 Å². The monoisotopic (exact) mass is 351 g/mol. The summed E-state index contributed by atoms with van der Waals surface area (Å²) in [4.78, 5) is 25.0. The molecule has 3 aromatic rings. The lowest BCUT2D eigenvalue weighted by molar-refractivity contribution is -0.120. The summed E-state index contributed by atoms with van der Waals surface area (Å²) < 4.78 is 13.6. The quantitative estimate of drug-likeness (QED) is 0.713. The molecular weight excluding hydrogens is 333 g/mol. The number of amides is 1. The van der Waals surface area contributed by atoms with Crippen LogP contribution in [0.2, 0.25) is 0 Å². The van der Waals surface area contributed by atoms with Gasteiger partial charge >= 0.3 is 0 Å². The molecule has 26 heavy (non-hydrogen) atoms. The summed E-state index contributed by atoms with van der Waals surface area (Å²) >= 11 is 0. The number of rotatable bonds is 6. The van der Waals surface area contributed by atoms with E-state index in [2.05, 4.69) is 25.6 Å². The average Bonchev–Trinajstić information content (AvgIpc) is 2.68. The first-order valence-corrected chi connectivity index (χ1v) is 8.12. The van der Waals surface area contributed by atoms with Crippen molar-refractivity contribution in [1.82, 2.24) is 20.3 Å². The van der Waals surface area contributed by atoms with Crippen molar-refractivity contribution in [2.24, 2.45) is 0 Å². The zero-order chi connectivity index (χ0) is 18.4. The van der Waals surface area contributed by atoms with Crippen LogP contribution < -0.4 is 10.6 Å². The molecule has 2 aromatic heterocycles. The van der Waals surface area contributed by atoms with Gasteiger partial charge in [0.2, 0.25) is 5.91 Å². The molecule has 0 spiro atoms. The number of nitrogens with zero attached hydrogens (tertiary/aromatic N) is 3. The van der Waals surface area contributed by atoms with Crippen LogP contribution in [0.25, 0.3) is 11.4 Å². The lowest BCUT2D eigenvalue weighted by atomic mass is 10.1. The molecule has 0 aliphatic heterocycles. The molecule has 2 N–H and O–H groups in total. The Bertz CT molecular complexity index is 901. The zero-order valence-corrected chi connectivity index (χ0v) is 14.2. The summed E-state index contributed by atoms with van der Waals surface area (Å²) in [6, 6.07) is 11.6. The smallest absolute Gasteiger partial charge is 0.224 e. The molecule has 0 saturated heterocycles. The lowest BCUT2D eigenvalue weighted by Crippen LogP contribution is -2.25. The highest BCUT2D eigenvalue weighted by Crippen LogP contribution is 2.17. The van der Waals surface area contributed by atoms with Crippen LogP contribution in [0.4, 0.5) is 10.2 Å². The summed E-state index contributed by atoms with van der Waals surface area (Å²) in [6.45, 7) is 0.225. The summed E-state index contributed by atoms with van der Waals surface area (Å²) in [5.74, 6) is 0.523. The SMILES string of the molecule is CNc1cc(CNC(=O)Cc2ccccc2F)nc(-c2ccncc2)n1. The van der Waals surface area contributed by atoms with Gasteiger partial charge in [0.25, 0.3) is 0 Å². The normalized spacial score (nSPS) is 10.4. The summed E-state index contributed by atoms with van der Waals surface area (Å²) in [5, 5.41) is 5.75. The Morgan fingerprint density at radius 1 is 1.12 bits per heavy atom. The Labute approximate surface area is 150 Å². The fourth-order valence-electron chi connectivity index (χ4n) is 2.41. The minimum Gasteiger partial charge on any atom is -0.373 e. The third-order valence-electron chi connectivity index (χ3n) is 3.75. The van der Waals surface area contributed by atoms with E-state index in [9.17, 15) is 9.18 Å². The number of benzene rings is 1. The molecule has 6 nitrogen and oxygen atoms in total. The Kier molecular flexibility index (Phi) is 5.48. The highest BCUT2D eigenvalue weighted by Gasteiger charge is 2.10. The zero-order valence-electron chi connectivity index (χ0n) is 14.2. The van der Waals surface area contributed by atoms with Gasteiger partial charge < -0.3 is 10.6 Å². The van der Waals surface area contributed by atoms with Crippen LogP contribution in [0.15, 0.2) is 54.9 Å². The standard InChI is InChI=1S/C19H18FN5O/c1-21-17-11-15(24-19(25-17)13-6-8-22-9-7-13)12-23-18(26)10-14-4-2-3-5-16(14)20/h2-9,11H,10,12H2,1H3,(H,23,26)(H,21,24,25).